The van der Waals surface area contributed by atoms with E-state index >= 15 is 0 Å². The lowest BCUT2D eigenvalue weighted by molar-refractivity contribution is -0.704. The van der Waals surface area contributed by atoms with Gasteiger partial charge in [0.05, 0.1) is 13.1 Å². The molecule has 2 heteroatoms. The molecule has 43 heavy (non-hydrogen) atoms. The Morgan fingerprint density at radius 2 is 0.721 bits per heavy atom. The molecule has 0 bridgehead atoms. The summed E-state index contributed by atoms with van der Waals surface area (Å²) in [5.41, 5.74) is 0. The van der Waals surface area contributed by atoms with Crippen LogP contribution >= 0.6 is 0 Å². The number of rotatable bonds is 35. The molecule has 0 aliphatic carbocycles. The number of imidazole rings is 1. The van der Waals surface area contributed by atoms with Gasteiger partial charge in [0.25, 0.3) is 5.82 Å². The summed E-state index contributed by atoms with van der Waals surface area (Å²) in [4.78, 5) is 0. The van der Waals surface area contributed by atoms with Gasteiger partial charge in [0.1, 0.15) is 12.4 Å². The SMILES string of the molecule is CCCCCCCCCCCCCCCCCCn1cc[n+](CCCCCCCCC)c1CCCCCCCCCCC. The molecule has 0 aromatic carbocycles. The zero-order chi connectivity index (χ0) is 30.9. The van der Waals surface area contributed by atoms with Crippen LogP contribution in [0.5, 0.6) is 0 Å². The van der Waals surface area contributed by atoms with Crippen LogP contribution in [0, 0.1) is 0 Å². The molecule has 0 fully saturated rings. The lowest BCUT2D eigenvalue weighted by Gasteiger charge is -2.07. The minimum atomic E-state index is 1.23. The van der Waals surface area contributed by atoms with Gasteiger partial charge in [-0.2, -0.15) is 0 Å². The number of hydrogen-bond acceptors (Lipinski definition) is 0. The van der Waals surface area contributed by atoms with E-state index in [0.717, 1.165) is 0 Å². The van der Waals surface area contributed by atoms with E-state index in [2.05, 4.69) is 42.3 Å². The van der Waals surface area contributed by atoms with Crippen LogP contribution in [0.2, 0.25) is 0 Å². The van der Waals surface area contributed by atoms with Gasteiger partial charge in [0, 0.05) is 6.42 Å². The molecule has 254 valence electrons. The fourth-order valence-electron chi connectivity index (χ4n) is 6.86. The second-order valence-corrected chi connectivity index (χ2v) is 14.1. The molecule has 1 aromatic rings. The molecule has 0 saturated heterocycles. The predicted molar refractivity (Wildman–Crippen MR) is 193 cm³/mol. The minimum Gasteiger partial charge on any atom is -0.234 e. The van der Waals surface area contributed by atoms with E-state index in [4.69, 9.17) is 0 Å². The Balaban J connectivity index is 2.22. The first-order valence-electron chi connectivity index (χ1n) is 20.4. The maximum absolute atomic E-state index is 2.63. The molecule has 0 spiro atoms. The molecule has 1 rings (SSSR count). The van der Waals surface area contributed by atoms with Gasteiger partial charge in [0.15, 0.2) is 0 Å². The van der Waals surface area contributed by atoms with Crippen LogP contribution in [0.3, 0.4) is 0 Å². The van der Waals surface area contributed by atoms with Crippen LogP contribution in [-0.4, -0.2) is 4.57 Å². The highest BCUT2D eigenvalue weighted by Gasteiger charge is 2.16. The average Bonchev–Trinajstić information content (AvgIpc) is 3.40. The zero-order valence-electron chi connectivity index (χ0n) is 30.3. The fraction of sp³-hybridized carbons (Fsp3) is 0.927. The van der Waals surface area contributed by atoms with Gasteiger partial charge >= 0.3 is 0 Å². The number of nitrogens with zero attached hydrogens (tertiary/aromatic N) is 2. The van der Waals surface area contributed by atoms with Crippen molar-refractivity contribution in [3.05, 3.63) is 18.2 Å². The van der Waals surface area contributed by atoms with Crippen molar-refractivity contribution in [2.75, 3.05) is 0 Å². The van der Waals surface area contributed by atoms with Crippen molar-refractivity contribution in [3.8, 4) is 0 Å². The molecule has 0 aliphatic heterocycles. The minimum absolute atomic E-state index is 1.23. The third-order valence-corrected chi connectivity index (χ3v) is 9.85. The van der Waals surface area contributed by atoms with Crippen LogP contribution in [0.15, 0.2) is 12.4 Å². The van der Waals surface area contributed by atoms with Crippen LogP contribution in [0.4, 0.5) is 0 Å². The van der Waals surface area contributed by atoms with E-state index in [1.807, 2.05) is 0 Å². The van der Waals surface area contributed by atoms with Crippen molar-refractivity contribution in [1.82, 2.24) is 4.57 Å². The number of unbranched alkanes of at least 4 members (excludes halogenated alkanes) is 29. The van der Waals surface area contributed by atoms with Gasteiger partial charge in [-0.1, -0.05) is 194 Å². The Kier molecular flexibility index (Phi) is 30.5. The fourth-order valence-corrected chi connectivity index (χ4v) is 6.86. The topological polar surface area (TPSA) is 8.81 Å². The van der Waals surface area contributed by atoms with Crippen molar-refractivity contribution in [2.45, 2.75) is 246 Å². The van der Waals surface area contributed by atoms with Crippen LogP contribution < -0.4 is 4.57 Å². The molecule has 0 radical (unpaired) electrons. The molecule has 1 aromatic heterocycles. The molecule has 0 unspecified atom stereocenters. The Morgan fingerprint density at radius 3 is 1.12 bits per heavy atom. The number of aromatic nitrogens is 2. The molecule has 0 atom stereocenters. The van der Waals surface area contributed by atoms with E-state index in [1.54, 1.807) is 5.82 Å². The summed E-state index contributed by atoms with van der Waals surface area (Å²) >= 11 is 0. The lowest BCUT2D eigenvalue weighted by Crippen LogP contribution is -2.37. The van der Waals surface area contributed by atoms with Gasteiger partial charge in [-0.25, -0.2) is 9.13 Å². The molecule has 0 saturated carbocycles. The summed E-state index contributed by atoms with van der Waals surface area (Å²) < 4.78 is 5.26. The van der Waals surface area contributed by atoms with Gasteiger partial charge in [-0.3, -0.25) is 0 Å². The van der Waals surface area contributed by atoms with E-state index in [1.165, 1.54) is 225 Å². The molecule has 0 amide bonds. The summed E-state index contributed by atoms with van der Waals surface area (Å²) in [5.74, 6) is 1.62. The van der Waals surface area contributed by atoms with E-state index < -0.39 is 0 Å². The normalized spacial score (nSPS) is 11.6. The van der Waals surface area contributed by atoms with Crippen molar-refractivity contribution >= 4 is 0 Å². The Morgan fingerprint density at radius 1 is 0.395 bits per heavy atom. The highest BCUT2D eigenvalue weighted by molar-refractivity contribution is 4.84. The highest BCUT2D eigenvalue weighted by atomic mass is 15.1. The summed E-state index contributed by atoms with van der Waals surface area (Å²) in [6.07, 6.45) is 51.9. The zero-order valence-corrected chi connectivity index (χ0v) is 30.3. The largest absolute Gasteiger partial charge is 0.256 e. The van der Waals surface area contributed by atoms with Crippen molar-refractivity contribution in [3.63, 3.8) is 0 Å². The monoisotopic (exact) mass is 602 g/mol. The molecular weight excluding hydrogens is 520 g/mol. The predicted octanol–water partition coefficient (Wildman–Crippen LogP) is 13.9. The highest BCUT2D eigenvalue weighted by Crippen LogP contribution is 2.15. The van der Waals surface area contributed by atoms with E-state index in [0.29, 0.717) is 0 Å². The molecule has 2 nitrogen and oxygen atoms in total. The standard InChI is InChI=1S/C41H81N2/c1-4-7-10-13-16-18-19-20-21-22-23-24-26-29-32-35-38-43-40-39-42(37-34-31-28-15-12-9-6-3)41(43)36-33-30-27-25-17-14-11-8-5-2/h39-40H,4-38H2,1-3H3/q+1. The van der Waals surface area contributed by atoms with Crippen molar-refractivity contribution in [1.29, 1.82) is 0 Å². The molecular formula is C41H81N2+. The van der Waals surface area contributed by atoms with Crippen LogP contribution in [0.25, 0.3) is 0 Å². The molecule has 0 N–H and O–H groups in total. The second-order valence-electron chi connectivity index (χ2n) is 14.1. The summed E-state index contributed by atoms with van der Waals surface area (Å²) in [7, 11) is 0. The van der Waals surface area contributed by atoms with Gasteiger partial charge in [0.2, 0.25) is 0 Å². The summed E-state index contributed by atoms with van der Waals surface area (Å²) in [6.45, 7) is 9.40. The van der Waals surface area contributed by atoms with Crippen LogP contribution in [0.1, 0.15) is 232 Å². The quantitative estimate of drug-likeness (QED) is 0.0540. The molecule has 0 aliphatic rings. The first-order valence-corrected chi connectivity index (χ1v) is 20.4. The Labute approximate surface area is 272 Å². The van der Waals surface area contributed by atoms with Crippen molar-refractivity contribution < 1.29 is 4.57 Å². The van der Waals surface area contributed by atoms with E-state index in [-0.39, 0.29) is 0 Å². The first kappa shape index (κ1) is 40.2. The second kappa shape index (κ2) is 32.6. The third-order valence-electron chi connectivity index (χ3n) is 9.85. The van der Waals surface area contributed by atoms with Gasteiger partial charge in [-0.05, 0) is 32.1 Å². The maximum atomic E-state index is 2.63. The summed E-state index contributed by atoms with van der Waals surface area (Å²) in [5, 5.41) is 0. The Hall–Kier alpha value is -0.790. The third kappa shape index (κ3) is 25.1. The van der Waals surface area contributed by atoms with Crippen LogP contribution in [-0.2, 0) is 19.5 Å². The maximum Gasteiger partial charge on any atom is 0.256 e. The lowest BCUT2D eigenvalue weighted by atomic mass is 10.0. The first-order chi connectivity index (χ1) is 21.3. The van der Waals surface area contributed by atoms with Gasteiger partial charge in [-0.15, -0.1) is 0 Å². The average molecular weight is 602 g/mol. The Bertz CT molecular complexity index is 663. The summed E-state index contributed by atoms with van der Waals surface area (Å²) in [6, 6.07) is 0. The number of aryl methyl sites for hydroxylation is 2. The molecule has 1 heterocycles. The number of hydrogen-bond donors (Lipinski definition) is 0. The smallest absolute Gasteiger partial charge is 0.234 e. The van der Waals surface area contributed by atoms with Gasteiger partial charge < -0.3 is 0 Å². The van der Waals surface area contributed by atoms with E-state index in [9.17, 15) is 0 Å². The van der Waals surface area contributed by atoms with Crippen molar-refractivity contribution in [2.24, 2.45) is 0 Å².